The average molecular weight is 204 g/mol. The van der Waals surface area contributed by atoms with E-state index in [1.807, 2.05) is 0 Å². The predicted molar refractivity (Wildman–Crippen MR) is 55.2 cm³/mol. The van der Waals surface area contributed by atoms with Gasteiger partial charge in [0.1, 0.15) is 6.29 Å². The molecule has 0 amide bonds. The van der Waals surface area contributed by atoms with Crippen LogP contribution in [0.4, 0.5) is 0 Å². The molecule has 78 valence electrons. The van der Waals surface area contributed by atoms with Crippen LogP contribution in [0.25, 0.3) is 0 Å². The Labute approximate surface area is 81.2 Å². The molecule has 0 aliphatic carbocycles. The Morgan fingerprint density at radius 1 is 1.46 bits per heavy atom. The van der Waals surface area contributed by atoms with E-state index in [0.29, 0.717) is 12.8 Å². The lowest BCUT2D eigenvalue weighted by atomic mass is 10.1. The minimum atomic E-state index is -1.59. The molecule has 0 bridgehead atoms. The van der Waals surface area contributed by atoms with Crippen LogP contribution in [-0.4, -0.2) is 31.9 Å². The Balaban J connectivity index is 4.01. The number of aliphatic hydroxyl groups is 1. The molecular weight excluding hydrogens is 184 g/mol. The minimum Gasteiger partial charge on any atom is -0.414 e. The van der Waals surface area contributed by atoms with Crippen LogP contribution in [0.2, 0.25) is 19.6 Å². The summed E-state index contributed by atoms with van der Waals surface area (Å²) in [5, 5.41) is 9.17. The van der Waals surface area contributed by atoms with Crippen LogP contribution in [0.15, 0.2) is 0 Å². The molecule has 1 N–H and O–H groups in total. The van der Waals surface area contributed by atoms with Gasteiger partial charge < -0.3 is 14.3 Å². The van der Waals surface area contributed by atoms with E-state index < -0.39 is 14.4 Å². The van der Waals surface area contributed by atoms with Gasteiger partial charge in [0, 0.05) is 6.42 Å². The molecule has 0 aromatic heterocycles. The highest BCUT2D eigenvalue weighted by Gasteiger charge is 2.21. The van der Waals surface area contributed by atoms with Crippen molar-refractivity contribution in [2.75, 3.05) is 0 Å². The number of hydrogen-bond donors (Lipinski definition) is 1. The van der Waals surface area contributed by atoms with Gasteiger partial charge >= 0.3 is 0 Å². The van der Waals surface area contributed by atoms with Crippen LogP contribution in [0.1, 0.15) is 19.8 Å². The Morgan fingerprint density at radius 2 is 2.00 bits per heavy atom. The first kappa shape index (κ1) is 12.8. The number of aliphatic hydroxyl groups excluding tert-OH is 1. The van der Waals surface area contributed by atoms with Crippen molar-refractivity contribution in [3.63, 3.8) is 0 Å². The second kappa shape index (κ2) is 5.52. The highest BCUT2D eigenvalue weighted by atomic mass is 28.4. The van der Waals surface area contributed by atoms with Crippen molar-refractivity contribution in [2.24, 2.45) is 0 Å². The summed E-state index contributed by atoms with van der Waals surface area (Å²) in [5.74, 6) is 0. The molecule has 0 saturated carbocycles. The van der Waals surface area contributed by atoms with Crippen molar-refractivity contribution >= 4 is 14.6 Å². The fraction of sp³-hybridized carbons (Fsp3) is 0.889. The molecule has 0 aromatic carbocycles. The summed E-state index contributed by atoms with van der Waals surface area (Å²) >= 11 is 0. The average Bonchev–Trinajstić information content (AvgIpc) is 1.81. The van der Waals surface area contributed by atoms with E-state index in [2.05, 4.69) is 19.6 Å². The number of carbonyl (C=O) groups is 1. The van der Waals surface area contributed by atoms with Crippen molar-refractivity contribution in [2.45, 2.75) is 51.6 Å². The zero-order valence-electron chi connectivity index (χ0n) is 8.91. The summed E-state index contributed by atoms with van der Waals surface area (Å²) in [5.41, 5.74) is 0. The fourth-order valence-corrected chi connectivity index (χ4v) is 2.37. The number of carbonyl (C=O) groups excluding carboxylic acids is 1. The SMILES string of the molecule is C[C@@H](O)C[C@@H](CC=O)O[Si](C)(C)C. The van der Waals surface area contributed by atoms with Gasteiger partial charge in [-0.1, -0.05) is 0 Å². The summed E-state index contributed by atoms with van der Waals surface area (Å²) in [4.78, 5) is 10.3. The standard InChI is InChI=1S/C9H20O3Si/c1-8(11)7-9(5-6-10)12-13(2,3)4/h6,8-9,11H,5,7H2,1-4H3/t8-,9-/m1/s1. The molecule has 2 atom stereocenters. The normalized spacial score (nSPS) is 16.7. The highest BCUT2D eigenvalue weighted by molar-refractivity contribution is 6.69. The molecule has 0 spiro atoms. The molecule has 0 aromatic rings. The van der Waals surface area contributed by atoms with Crippen molar-refractivity contribution in [1.82, 2.24) is 0 Å². The van der Waals surface area contributed by atoms with Gasteiger partial charge in [-0.25, -0.2) is 0 Å². The van der Waals surface area contributed by atoms with E-state index in [1.54, 1.807) is 6.92 Å². The molecule has 0 aliphatic heterocycles. The maximum absolute atomic E-state index is 10.3. The molecule has 0 radical (unpaired) electrons. The summed E-state index contributed by atoms with van der Waals surface area (Å²) < 4.78 is 5.74. The zero-order chi connectivity index (χ0) is 10.5. The third-order valence-electron chi connectivity index (χ3n) is 1.48. The van der Waals surface area contributed by atoms with Gasteiger partial charge in [-0.2, -0.15) is 0 Å². The van der Waals surface area contributed by atoms with Crippen LogP contribution >= 0.6 is 0 Å². The molecule has 0 rings (SSSR count). The van der Waals surface area contributed by atoms with Crippen molar-refractivity contribution in [3.8, 4) is 0 Å². The monoisotopic (exact) mass is 204 g/mol. The van der Waals surface area contributed by atoms with Crippen LogP contribution in [0, 0.1) is 0 Å². The molecule has 0 fully saturated rings. The third-order valence-corrected chi connectivity index (χ3v) is 2.52. The first-order valence-corrected chi connectivity index (χ1v) is 8.05. The van der Waals surface area contributed by atoms with E-state index >= 15 is 0 Å². The maximum atomic E-state index is 10.3. The second-order valence-corrected chi connectivity index (χ2v) is 8.80. The highest BCUT2D eigenvalue weighted by Crippen LogP contribution is 2.13. The van der Waals surface area contributed by atoms with Gasteiger partial charge in [0.25, 0.3) is 0 Å². The fourth-order valence-electron chi connectivity index (χ4n) is 1.18. The van der Waals surface area contributed by atoms with E-state index in [1.165, 1.54) is 0 Å². The molecular formula is C9H20O3Si. The number of aldehydes is 1. The number of rotatable bonds is 6. The van der Waals surface area contributed by atoms with Crippen molar-refractivity contribution in [1.29, 1.82) is 0 Å². The number of hydrogen-bond acceptors (Lipinski definition) is 3. The smallest absolute Gasteiger partial charge is 0.184 e. The topological polar surface area (TPSA) is 46.5 Å². The van der Waals surface area contributed by atoms with Gasteiger partial charge in [0.15, 0.2) is 8.32 Å². The molecule has 0 unspecified atom stereocenters. The zero-order valence-corrected chi connectivity index (χ0v) is 9.91. The van der Waals surface area contributed by atoms with Gasteiger partial charge in [-0.15, -0.1) is 0 Å². The van der Waals surface area contributed by atoms with Crippen molar-refractivity contribution in [3.05, 3.63) is 0 Å². The minimum absolute atomic E-state index is 0.107. The van der Waals surface area contributed by atoms with Gasteiger partial charge in [-0.05, 0) is 33.0 Å². The quantitative estimate of drug-likeness (QED) is 0.527. The molecule has 4 heteroatoms. The molecule has 0 aliphatic rings. The van der Waals surface area contributed by atoms with Gasteiger partial charge in [0.2, 0.25) is 0 Å². The van der Waals surface area contributed by atoms with Gasteiger partial charge in [0.05, 0.1) is 12.2 Å². The summed E-state index contributed by atoms with van der Waals surface area (Å²) in [6.45, 7) is 7.94. The summed E-state index contributed by atoms with van der Waals surface area (Å²) in [6.07, 6.45) is 1.27. The lowest BCUT2D eigenvalue weighted by molar-refractivity contribution is -0.109. The van der Waals surface area contributed by atoms with Crippen LogP contribution in [0.3, 0.4) is 0 Å². The Bertz CT molecular complexity index is 151. The molecule has 13 heavy (non-hydrogen) atoms. The van der Waals surface area contributed by atoms with E-state index in [0.717, 1.165) is 6.29 Å². The summed E-state index contributed by atoms with van der Waals surface area (Å²) in [6, 6.07) is 0. The molecule has 3 nitrogen and oxygen atoms in total. The van der Waals surface area contributed by atoms with Gasteiger partial charge in [-0.3, -0.25) is 0 Å². The Morgan fingerprint density at radius 3 is 2.31 bits per heavy atom. The third kappa shape index (κ3) is 8.15. The van der Waals surface area contributed by atoms with E-state index in [9.17, 15) is 4.79 Å². The molecule has 0 saturated heterocycles. The first-order valence-electron chi connectivity index (χ1n) is 4.64. The predicted octanol–water partition coefficient (Wildman–Crippen LogP) is 1.57. The molecule has 0 heterocycles. The first-order chi connectivity index (χ1) is 5.85. The second-order valence-electron chi connectivity index (χ2n) is 4.34. The lowest BCUT2D eigenvalue weighted by Crippen LogP contribution is -2.33. The largest absolute Gasteiger partial charge is 0.414 e. The van der Waals surface area contributed by atoms with Crippen LogP contribution in [-0.2, 0) is 9.22 Å². The maximum Gasteiger partial charge on any atom is 0.184 e. The lowest BCUT2D eigenvalue weighted by Gasteiger charge is -2.25. The van der Waals surface area contributed by atoms with Crippen LogP contribution in [0.5, 0.6) is 0 Å². The Hall–Kier alpha value is -0.193. The van der Waals surface area contributed by atoms with Crippen LogP contribution < -0.4 is 0 Å². The van der Waals surface area contributed by atoms with Crippen molar-refractivity contribution < 1.29 is 14.3 Å². The summed E-state index contributed by atoms with van der Waals surface area (Å²) in [7, 11) is -1.59. The van der Waals surface area contributed by atoms with E-state index in [-0.39, 0.29) is 6.10 Å². The van der Waals surface area contributed by atoms with E-state index in [4.69, 9.17) is 9.53 Å². The Kier molecular flexibility index (Phi) is 5.44.